The van der Waals surface area contributed by atoms with E-state index >= 15 is 0 Å². The highest BCUT2D eigenvalue weighted by molar-refractivity contribution is 8.03. The van der Waals surface area contributed by atoms with Gasteiger partial charge in [0.2, 0.25) is 0 Å². The molecule has 2 heteroatoms. The molecule has 0 amide bonds. The summed E-state index contributed by atoms with van der Waals surface area (Å²) in [5.74, 6) is 0. The van der Waals surface area contributed by atoms with Gasteiger partial charge in [0, 0.05) is 29.1 Å². The molecular formula is C13H19NS. The second-order valence-electron chi connectivity index (χ2n) is 3.38. The third-order valence-electron chi connectivity index (χ3n) is 2.20. The summed E-state index contributed by atoms with van der Waals surface area (Å²) in [5, 5.41) is 0. The van der Waals surface area contributed by atoms with Crippen LogP contribution in [0.3, 0.4) is 0 Å². The summed E-state index contributed by atoms with van der Waals surface area (Å²) < 4.78 is 0. The van der Waals surface area contributed by atoms with Gasteiger partial charge in [-0.25, -0.2) is 0 Å². The Morgan fingerprint density at radius 2 is 1.80 bits per heavy atom. The van der Waals surface area contributed by atoms with Crippen LogP contribution in [0.4, 0.5) is 0 Å². The van der Waals surface area contributed by atoms with Gasteiger partial charge in [0.25, 0.3) is 0 Å². The highest BCUT2D eigenvalue weighted by Crippen LogP contribution is 2.25. The number of rotatable bonds is 5. The summed E-state index contributed by atoms with van der Waals surface area (Å²) in [6.45, 7) is 8.67. The molecule has 0 radical (unpaired) electrons. The Morgan fingerprint density at radius 1 is 1.20 bits per heavy atom. The molecule has 1 rings (SSSR count). The minimum atomic E-state index is 1.07. The van der Waals surface area contributed by atoms with Crippen LogP contribution in [0.25, 0.3) is 0 Å². The Morgan fingerprint density at radius 3 is 2.33 bits per heavy atom. The lowest BCUT2D eigenvalue weighted by molar-refractivity contribution is 0.417. The van der Waals surface area contributed by atoms with E-state index in [-0.39, 0.29) is 0 Å². The molecule has 0 saturated carbocycles. The fraction of sp³-hybridized carbons (Fsp3) is 0.385. The summed E-state index contributed by atoms with van der Waals surface area (Å²) in [5.41, 5.74) is 0. The quantitative estimate of drug-likeness (QED) is 0.692. The molecule has 0 heterocycles. The van der Waals surface area contributed by atoms with E-state index in [0.29, 0.717) is 0 Å². The zero-order chi connectivity index (χ0) is 11.1. The molecule has 0 saturated heterocycles. The van der Waals surface area contributed by atoms with Crippen LogP contribution in [0.5, 0.6) is 0 Å². The topological polar surface area (TPSA) is 3.24 Å². The first-order valence-corrected chi connectivity index (χ1v) is 6.23. The summed E-state index contributed by atoms with van der Waals surface area (Å²) in [4.78, 5) is 4.95. The molecule has 15 heavy (non-hydrogen) atoms. The van der Waals surface area contributed by atoms with Crippen molar-refractivity contribution in [2.75, 3.05) is 13.1 Å². The first kappa shape index (κ1) is 12.2. The van der Waals surface area contributed by atoms with Crippen molar-refractivity contribution in [2.45, 2.75) is 25.7 Å². The van der Waals surface area contributed by atoms with Gasteiger partial charge in [0.05, 0.1) is 0 Å². The predicted molar refractivity (Wildman–Crippen MR) is 69.0 cm³/mol. The Hall–Kier alpha value is -0.890. The lowest BCUT2D eigenvalue weighted by Gasteiger charge is -2.16. The molecule has 0 aromatic heterocycles. The van der Waals surface area contributed by atoms with Crippen LogP contribution in [-0.4, -0.2) is 18.0 Å². The minimum absolute atomic E-state index is 1.07. The third kappa shape index (κ3) is 4.43. The average Bonchev–Trinajstić information content (AvgIpc) is 2.27. The number of nitrogens with zero attached hydrogens (tertiary/aromatic N) is 1. The predicted octanol–water partition coefficient (Wildman–Crippen LogP) is 3.98. The molecule has 0 aliphatic rings. The summed E-state index contributed by atoms with van der Waals surface area (Å²) >= 11 is 1.82. The van der Waals surface area contributed by atoms with Crippen LogP contribution in [0.2, 0.25) is 0 Å². The summed E-state index contributed by atoms with van der Waals surface area (Å²) in [6.07, 6.45) is 2.23. The molecule has 0 fully saturated rings. The molecule has 0 spiro atoms. The Bertz CT molecular complexity index is 302. The maximum absolute atomic E-state index is 2.31. The van der Waals surface area contributed by atoms with Gasteiger partial charge < -0.3 is 4.90 Å². The fourth-order valence-electron chi connectivity index (χ4n) is 1.36. The Balaban J connectivity index is 2.58. The third-order valence-corrected chi connectivity index (χ3v) is 3.13. The van der Waals surface area contributed by atoms with Crippen LogP contribution >= 0.6 is 11.8 Å². The van der Waals surface area contributed by atoms with E-state index in [1.54, 1.807) is 0 Å². The lowest BCUT2D eigenvalue weighted by Crippen LogP contribution is -2.15. The van der Waals surface area contributed by atoms with Crippen LogP contribution in [0.15, 0.2) is 46.3 Å². The van der Waals surface area contributed by atoms with E-state index in [0.717, 1.165) is 13.1 Å². The van der Waals surface area contributed by atoms with Gasteiger partial charge in [-0.15, -0.1) is 0 Å². The molecule has 82 valence electrons. The van der Waals surface area contributed by atoms with Crippen molar-refractivity contribution in [1.82, 2.24) is 4.90 Å². The summed E-state index contributed by atoms with van der Waals surface area (Å²) in [7, 11) is 0. The lowest BCUT2D eigenvalue weighted by atomic mass is 10.4. The van der Waals surface area contributed by atoms with E-state index in [9.17, 15) is 0 Å². The first-order valence-electron chi connectivity index (χ1n) is 5.41. The molecule has 0 bridgehead atoms. The second-order valence-corrected chi connectivity index (χ2v) is 4.70. The molecule has 0 N–H and O–H groups in total. The van der Waals surface area contributed by atoms with E-state index in [2.05, 4.69) is 56.1 Å². The number of hydrogen-bond donors (Lipinski definition) is 0. The Kier molecular flexibility index (Phi) is 5.33. The van der Waals surface area contributed by atoms with Crippen molar-refractivity contribution >= 4 is 11.8 Å². The van der Waals surface area contributed by atoms with Gasteiger partial charge in [0.1, 0.15) is 0 Å². The monoisotopic (exact) mass is 221 g/mol. The maximum Gasteiger partial charge on any atom is 0.0144 e. The molecule has 0 aliphatic carbocycles. The first-order chi connectivity index (χ1) is 7.26. The van der Waals surface area contributed by atoms with E-state index in [4.69, 9.17) is 0 Å². The average molecular weight is 221 g/mol. The van der Waals surface area contributed by atoms with Gasteiger partial charge in [0.15, 0.2) is 0 Å². The van der Waals surface area contributed by atoms with Crippen molar-refractivity contribution in [2.24, 2.45) is 0 Å². The minimum Gasteiger partial charge on any atom is -0.377 e. The molecular weight excluding hydrogens is 202 g/mol. The highest BCUT2D eigenvalue weighted by atomic mass is 32.2. The van der Waals surface area contributed by atoms with Gasteiger partial charge in [-0.2, -0.15) is 0 Å². The highest BCUT2D eigenvalue weighted by Gasteiger charge is 1.97. The van der Waals surface area contributed by atoms with Crippen molar-refractivity contribution < 1.29 is 0 Å². The van der Waals surface area contributed by atoms with Crippen LogP contribution in [0.1, 0.15) is 20.8 Å². The number of hydrogen-bond acceptors (Lipinski definition) is 2. The zero-order valence-corrected chi connectivity index (χ0v) is 10.6. The second kappa shape index (κ2) is 6.57. The zero-order valence-electron chi connectivity index (χ0n) is 9.73. The molecule has 1 aromatic rings. The molecule has 0 unspecified atom stereocenters. The van der Waals surface area contributed by atoms with Gasteiger partial charge in [-0.05, 0) is 32.9 Å². The molecule has 1 nitrogen and oxygen atoms in total. The number of benzene rings is 1. The van der Waals surface area contributed by atoms with Crippen LogP contribution in [-0.2, 0) is 0 Å². The van der Waals surface area contributed by atoms with Crippen LogP contribution in [0, 0.1) is 0 Å². The standard InChI is InChI=1S/C13H19NS/c1-4-14(5-2)11-12(3)15-13-9-7-6-8-10-13/h6-11H,4-5H2,1-3H3/b12-11+. The number of thioether (sulfide) groups is 1. The van der Waals surface area contributed by atoms with Crippen molar-refractivity contribution in [1.29, 1.82) is 0 Å². The van der Waals surface area contributed by atoms with E-state index in [1.807, 2.05) is 17.8 Å². The largest absolute Gasteiger partial charge is 0.377 e. The van der Waals surface area contributed by atoms with Crippen LogP contribution < -0.4 is 0 Å². The van der Waals surface area contributed by atoms with Crippen molar-refractivity contribution in [3.63, 3.8) is 0 Å². The normalized spacial score (nSPS) is 11.5. The summed E-state index contributed by atoms with van der Waals surface area (Å²) in [6, 6.07) is 10.5. The molecule has 0 aliphatic heterocycles. The van der Waals surface area contributed by atoms with Crippen molar-refractivity contribution in [3.05, 3.63) is 41.4 Å². The van der Waals surface area contributed by atoms with Gasteiger partial charge in [-0.3, -0.25) is 0 Å². The van der Waals surface area contributed by atoms with Crippen molar-refractivity contribution in [3.8, 4) is 0 Å². The molecule has 0 atom stereocenters. The van der Waals surface area contributed by atoms with Gasteiger partial charge >= 0.3 is 0 Å². The Labute approximate surface area is 97.2 Å². The maximum atomic E-state index is 2.31. The smallest absolute Gasteiger partial charge is 0.0144 e. The van der Waals surface area contributed by atoms with E-state index < -0.39 is 0 Å². The van der Waals surface area contributed by atoms with E-state index in [1.165, 1.54) is 9.80 Å². The SMILES string of the molecule is CCN(/C=C(\C)Sc1ccccc1)CC. The fourth-order valence-corrected chi connectivity index (χ4v) is 2.23. The van der Waals surface area contributed by atoms with Gasteiger partial charge in [-0.1, -0.05) is 30.0 Å². The number of allylic oxidation sites excluding steroid dienone is 1. The molecule has 1 aromatic carbocycles.